The van der Waals surface area contributed by atoms with Crippen LogP contribution in [0.1, 0.15) is 35.7 Å². The zero-order valence-electron chi connectivity index (χ0n) is 7.88. The van der Waals surface area contributed by atoms with E-state index >= 15 is 0 Å². The zero-order chi connectivity index (χ0) is 10.3. The number of benzene rings is 1. The predicted octanol–water partition coefficient (Wildman–Crippen LogP) is 2.58. The van der Waals surface area contributed by atoms with E-state index in [4.69, 9.17) is 5.11 Å². The van der Waals surface area contributed by atoms with E-state index in [1.807, 2.05) is 0 Å². The van der Waals surface area contributed by atoms with E-state index in [1.54, 1.807) is 6.07 Å². The molecule has 0 heterocycles. The highest BCUT2D eigenvalue weighted by atomic mass is 19.1. The molecule has 14 heavy (non-hydrogen) atoms. The van der Waals surface area contributed by atoms with E-state index in [1.165, 1.54) is 12.1 Å². The minimum Gasteiger partial charge on any atom is -0.478 e. The van der Waals surface area contributed by atoms with Crippen molar-refractivity contribution >= 4 is 5.97 Å². The molecule has 0 radical (unpaired) electrons. The van der Waals surface area contributed by atoms with Gasteiger partial charge in [-0.2, -0.15) is 0 Å². The van der Waals surface area contributed by atoms with Gasteiger partial charge in [0.15, 0.2) is 0 Å². The molecular weight excluding hydrogens is 183 g/mol. The number of halogens is 1. The fourth-order valence-electron chi connectivity index (χ4n) is 1.54. The topological polar surface area (TPSA) is 37.3 Å². The van der Waals surface area contributed by atoms with Crippen LogP contribution in [0.5, 0.6) is 0 Å². The molecule has 1 aliphatic rings. The first-order valence-corrected chi connectivity index (χ1v) is 4.56. The lowest BCUT2D eigenvalue weighted by Crippen LogP contribution is -2.06. The lowest BCUT2D eigenvalue weighted by molar-refractivity contribution is 0.0691. The Kier molecular flexibility index (Phi) is 1.84. The highest BCUT2D eigenvalue weighted by molar-refractivity contribution is 5.88. The molecule has 1 fully saturated rings. The lowest BCUT2D eigenvalue weighted by Gasteiger charge is -2.09. The molecule has 1 saturated carbocycles. The second-order valence-corrected chi connectivity index (χ2v) is 4.06. The number of rotatable bonds is 2. The number of carboxylic acids is 1. The van der Waals surface area contributed by atoms with Gasteiger partial charge in [0, 0.05) is 0 Å². The van der Waals surface area contributed by atoms with Gasteiger partial charge in [-0.15, -0.1) is 0 Å². The van der Waals surface area contributed by atoms with Crippen LogP contribution in [-0.2, 0) is 5.41 Å². The van der Waals surface area contributed by atoms with E-state index < -0.39 is 11.8 Å². The van der Waals surface area contributed by atoms with Crippen molar-refractivity contribution in [3.63, 3.8) is 0 Å². The van der Waals surface area contributed by atoms with Crippen LogP contribution >= 0.6 is 0 Å². The zero-order valence-corrected chi connectivity index (χ0v) is 7.88. The molecule has 0 unspecified atom stereocenters. The molecule has 2 rings (SSSR count). The van der Waals surface area contributed by atoms with Crippen molar-refractivity contribution in [3.8, 4) is 0 Å². The molecule has 74 valence electrons. The van der Waals surface area contributed by atoms with Crippen LogP contribution in [0.2, 0.25) is 0 Å². The van der Waals surface area contributed by atoms with Crippen molar-refractivity contribution in [1.29, 1.82) is 0 Å². The van der Waals surface area contributed by atoms with Crippen LogP contribution in [0.15, 0.2) is 18.2 Å². The van der Waals surface area contributed by atoms with Crippen molar-refractivity contribution in [3.05, 3.63) is 35.1 Å². The fraction of sp³-hybridized carbons (Fsp3) is 0.364. The summed E-state index contributed by atoms with van der Waals surface area (Å²) in [7, 11) is 0. The van der Waals surface area contributed by atoms with Gasteiger partial charge in [-0.05, 0) is 36.0 Å². The highest BCUT2D eigenvalue weighted by Crippen LogP contribution is 2.47. The van der Waals surface area contributed by atoms with Crippen LogP contribution in [0.3, 0.4) is 0 Å². The molecule has 1 aliphatic carbocycles. The standard InChI is InChI=1S/C11H11FO2/c1-11(4-5-11)7-2-3-9(12)8(6-7)10(13)14/h2-3,6H,4-5H2,1H3,(H,13,14). The molecule has 1 N–H and O–H groups in total. The van der Waals surface area contributed by atoms with Crippen LogP contribution in [0.25, 0.3) is 0 Å². The number of carboxylic acid groups (broad SMARTS) is 1. The molecule has 0 bridgehead atoms. The Hall–Kier alpha value is -1.38. The average molecular weight is 194 g/mol. The van der Waals surface area contributed by atoms with Gasteiger partial charge in [0.2, 0.25) is 0 Å². The Morgan fingerprint density at radius 2 is 2.14 bits per heavy atom. The van der Waals surface area contributed by atoms with Gasteiger partial charge in [-0.25, -0.2) is 9.18 Å². The molecule has 0 amide bonds. The first kappa shape index (κ1) is 9.19. The molecular formula is C11H11FO2. The number of hydrogen-bond acceptors (Lipinski definition) is 1. The maximum atomic E-state index is 13.0. The summed E-state index contributed by atoms with van der Waals surface area (Å²) in [4.78, 5) is 10.7. The summed E-state index contributed by atoms with van der Waals surface area (Å²) in [5.41, 5.74) is 0.782. The molecule has 0 aliphatic heterocycles. The Balaban J connectivity index is 2.46. The fourth-order valence-corrected chi connectivity index (χ4v) is 1.54. The lowest BCUT2D eigenvalue weighted by atomic mass is 9.96. The molecule has 1 aromatic rings. The largest absolute Gasteiger partial charge is 0.478 e. The third kappa shape index (κ3) is 1.39. The molecule has 0 spiro atoms. The number of aromatic carboxylic acids is 1. The summed E-state index contributed by atoms with van der Waals surface area (Å²) >= 11 is 0. The van der Waals surface area contributed by atoms with Gasteiger partial charge in [0.1, 0.15) is 5.82 Å². The van der Waals surface area contributed by atoms with Crippen LogP contribution in [0, 0.1) is 5.82 Å². The summed E-state index contributed by atoms with van der Waals surface area (Å²) in [6.07, 6.45) is 2.11. The molecule has 2 nitrogen and oxygen atoms in total. The average Bonchev–Trinajstić information content (AvgIpc) is 2.85. The van der Waals surface area contributed by atoms with E-state index in [0.717, 1.165) is 18.4 Å². The quantitative estimate of drug-likeness (QED) is 0.785. The summed E-state index contributed by atoms with van der Waals surface area (Å²) in [6, 6.07) is 4.36. The normalized spacial score (nSPS) is 17.9. The number of hydrogen-bond donors (Lipinski definition) is 1. The van der Waals surface area contributed by atoms with E-state index in [2.05, 4.69) is 6.92 Å². The van der Waals surface area contributed by atoms with E-state index in [9.17, 15) is 9.18 Å². The third-order valence-electron chi connectivity index (χ3n) is 2.89. The van der Waals surface area contributed by atoms with Crippen molar-refractivity contribution < 1.29 is 14.3 Å². The molecule has 0 saturated heterocycles. The SMILES string of the molecule is CC1(c2ccc(F)c(C(=O)O)c2)CC1. The molecule has 0 atom stereocenters. The molecule has 0 aromatic heterocycles. The summed E-state index contributed by atoms with van der Waals surface area (Å²) in [6.45, 7) is 2.06. The maximum absolute atomic E-state index is 13.0. The first-order chi connectivity index (χ1) is 6.53. The Labute approximate surface area is 81.4 Å². The van der Waals surface area contributed by atoms with Crippen molar-refractivity contribution in [1.82, 2.24) is 0 Å². The minimum absolute atomic E-state index is 0.0813. The Morgan fingerprint density at radius 1 is 1.50 bits per heavy atom. The van der Waals surface area contributed by atoms with Crippen molar-refractivity contribution in [2.45, 2.75) is 25.2 Å². The molecule has 3 heteroatoms. The van der Waals surface area contributed by atoms with Gasteiger partial charge in [0.25, 0.3) is 0 Å². The number of carbonyl (C=O) groups is 1. The van der Waals surface area contributed by atoms with Gasteiger partial charge in [-0.3, -0.25) is 0 Å². The van der Waals surface area contributed by atoms with Crippen molar-refractivity contribution in [2.75, 3.05) is 0 Å². The first-order valence-electron chi connectivity index (χ1n) is 4.56. The Bertz CT molecular complexity index is 394. The second kappa shape index (κ2) is 2.80. The van der Waals surface area contributed by atoms with Crippen molar-refractivity contribution in [2.24, 2.45) is 0 Å². The summed E-state index contributed by atoms with van der Waals surface area (Å²) < 4.78 is 13.0. The highest BCUT2D eigenvalue weighted by Gasteiger charge is 2.39. The van der Waals surface area contributed by atoms with Crippen LogP contribution < -0.4 is 0 Å². The van der Waals surface area contributed by atoms with Crippen LogP contribution in [-0.4, -0.2) is 11.1 Å². The molecule has 1 aromatic carbocycles. The predicted molar refractivity (Wildman–Crippen MR) is 49.9 cm³/mol. The third-order valence-corrected chi connectivity index (χ3v) is 2.89. The van der Waals surface area contributed by atoms with E-state index in [0.29, 0.717) is 0 Å². The summed E-state index contributed by atoms with van der Waals surface area (Å²) in [5.74, 6) is -1.86. The monoisotopic (exact) mass is 194 g/mol. The maximum Gasteiger partial charge on any atom is 0.338 e. The van der Waals surface area contributed by atoms with E-state index in [-0.39, 0.29) is 11.0 Å². The Morgan fingerprint density at radius 3 is 2.64 bits per heavy atom. The van der Waals surface area contributed by atoms with Gasteiger partial charge < -0.3 is 5.11 Å². The minimum atomic E-state index is -1.20. The van der Waals surface area contributed by atoms with Gasteiger partial charge >= 0.3 is 5.97 Å². The van der Waals surface area contributed by atoms with Gasteiger partial charge in [0.05, 0.1) is 5.56 Å². The van der Waals surface area contributed by atoms with Gasteiger partial charge in [-0.1, -0.05) is 13.0 Å². The van der Waals surface area contributed by atoms with Crippen LogP contribution in [0.4, 0.5) is 4.39 Å². The second-order valence-electron chi connectivity index (χ2n) is 4.06. The summed E-state index contributed by atoms with van der Waals surface area (Å²) in [5, 5.41) is 8.74. The smallest absolute Gasteiger partial charge is 0.338 e.